The standard InChI is InChI=1S/C22H36O5Si/c1-14(2)28(15(3)4,16(5)6)26-13-18-11-21(23)27-20-10-17(7)22(12-19(18)20)24-8-9-25-22/h10-11,14-16,19-20H,8-9,12-13H2,1-7H3/t19-,20-/m1/s1. The van der Waals surface area contributed by atoms with Gasteiger partial charge in [0.05, 0.1) is 19.8 Å². The van der Waals surface area contributed by atoms with E-state index < -0.39 is 14.1 Å². The Labute approximate surface area is 170 Å². The van der Waals surface area contributed by atoms with E-state index in [4.69, 9.17) is 18.6 Å². The van der Waals surface area contributed by atoms with Crippen molar-refractivity contribution in [3.8, 4) is 0 Å². The van der Waals surface area contributed by atoms with Crippen molar-refractivity contribution in [2.24, 2.45) is 5.92 Å². The highest BCUT2D eigenvalue weighted by atomic mass is 28.4. The molecule has 28 heavy (non-hydrogen) atoms. The van der Waals surface area contributed by atoms with Crippen molar-refractivity contribution in [2.75, 3.05) is 19.8 Å². The summed E-state index contributed by atoms with van der Waals surface area (Å²) in [6.45, 7) is 17.4. The van der Waals surface area contributed by atoms with E-state index in [1.165, 1.54) is 0 Å². The third kappa shape index (κ3) is 3.64. The largest absolute Gasteiger partial charge is 0.454 e. The Morgan fingerprint density at radius 3 is 2.21 bits per heavy atom. The van der Waals surface area contributed by atoms with E-state index in [0.717, 1.165) is 11.1 Å². The fraction of sp³-hybridized carbons (Fsp3) is 0.773. The van der Waals surface area contributed by atoms with Crippen molar-refractivity contribution in [1.29, 1.82) is 0 Å². The molecule has 1 spiro atoms. The van der Waals surface area contributed by atoms with E-state index >= 15 is 0 Å². The third-order valence-electron chi connectivity index (χ3n) is 6.88. The molecule has 6 heteroatoms. The van der Waals surface area contributed by atoms with Crippen LogP contribution < -0.4 is 0 Å². The van der Waals surface area contributed by atoms with Crippen LogP contribution in [0.4, 0.5) is 0 Å². The number of rotatable bonds is 6. The summed E-state index contributed by atoms with van der Waals surface area (Å²) < 4.78 is 24.4. The molecule has 3 rings (SSSR count). The van der Waals surface area contributed by atoms with Gasteiger partial charge in [0.25, 0.3) is 0 Å². The monoisotopic (exact) mass is 408 g/mol. The molecule has 0 bridgehead atoms. The van der Waals surface area contributed by atoms with Gasteiger partial charge in [-0.05, 0) is 40.8 Å². The van der Waals surface area contributed by atoms with Gasteiger partial charge in [-0.2, -0.15) is 0 Å². The molecule has 0 saturated carbocycles. The molecular formula is C22H36O5Si. The Morgan fingerprint density at radius 1 is 1.11 bits per heavy atom. The number of carbonyl (C=O) groups is 1. The fourth-order valence-electron chi connectivity index (χ4n) is 5.60. The Kier molecular flexibility index (Phi) is 6.25. The number of esters is 1. The molecule has 1 saturated heterocycles. The molecule has 2 atom stereocenters. The highest BCUT2D eigenvalue weighted by Crippen LogP contribution is 2.46. The smallest absolute Gasteiger partial charge is 0.331 e. The summed E-state index contributed by atoms with van der Waals surface area (Å²) in [6.07, 6.45) is 4.05. The molecule has 1 fully saturated rings. The molecule has 0 amide bonds. The highest BCUT2D eigenvalue weighted by molar-refractivity contribution is 6.77. The summed E-state index contributed by atoms with van der Waals surface area (Å²) in [5.41, 5.74) is 3.51. The second kappa shape index (κ2) is 8.05. The van der Waals surface area contributed by atoms with E-state index in [9.17, 15) is 4.79 Å². The average molecular weight is 409 g/mol. The minimum absolute atomic E-state index is 0.0395. The maximum absolute atomic E-state index is 12.2. The molecule has 2 heterocycles. The number of ether oxygens (including phenoxy) is 3. The van der Waals surface area contributed by atoms with E-state index in [0.29, 0.717) is 42.9 Å². The van der Waals surface area contributed by atoms with Crippen molar-refractivity contribution in [3.63, 3.8) is 0 Å². The number of fused-ring (bicyclic) bond motifs is 1. The molecule has 1 aliphatic carbocycles. The molecular weight excluding hydrogens is 372 g/mol. The molecule has 0 aromatic heterocycles. The fourth-order valence-corrected chi connectivity index (χ4v) is 11.0. The summed E-state index contributed by atoms with van der Waals surface area (Å²) in [6, 6.07) is 0. The lowest BCUT2D eigenvalue weighted by atomic mass is 9.78. The number of carbonyl (C=O) groups excluding carboxylic acids is 1. The van der Waals surface area contributed by atoms with Gasteiger partial charge in [0.2, 0.25) is 8.32 Å². The molecule has 0 aromatic rings. The molecule has 0 unspecified atom stereocenters. The topological polar surface area (TPSA) is 54.0 Å². The molecule has 0 N–H and O–H groups in total. The zero-order valence-electron chi connectivity index (χ0n) is 18.4. The lowest BCUT2D eigenvalue weighted by Gasteiger charge is -2.45. The highest BCUT2D eigenvalue weighted by Gasteiger charge is 2.50. The number of hydrogen-bond donors (Lipinski definition) is 0. The van der Waals surface area contributed by atoms with Crippen LogP contribution in [0.25, 0.3) is 0 Å². The first-order valence-corrected chi connectivity index (χ1v) is 12.8. The van der Waals surface area contributed by atoms with Gasteiger partial charge in [-0.25, -0.2) is 4.79 Å². The molecule has 158 valence electrons. The van der Waals surface area contributed by atoms with Crippen LogP contribution in [0.5, 0.6) is 0 Å². The minimum atomic E-state index is -2.01. The van der Waals surface area contributed by atoms with Gasteiger partial charge >= 0.3 is 5.97 Å². The molecule has 0 radical (unpaired) electrons. The summed E-state index contributed by atoms with van der Waals surface area (Å²) >= 11 is 0. The van der Waals surface area contributed by atoms with Crippen molar-refractivity contribution < 1.29 is 23.4 Å². The maximum Gasteiger partial charge on any atom is 0.331 e. The molecule has 0 aromatic carbocycles. The van der Waals surface area contributed by atoms with E-state index in [2.05, 4.69) is 41.5 Å². The Hall–Kier alpha value is -0.953. The predicted molar refractivity (Wildman–Crippen MR) is 111 cm³/mol. The van der Waals surface area contributed by atoms with Crippen molar-refractivity contribution in [3.05, 3.63) is 23.3 Å². The van der Waals surface area contributed by atoms with Crippen LogP contribution >= 0.6 is 0 Å². The van der Waals surface area contributed by atoms with Gasteiger partial charge in [0, 0.05) is 18.4 Å². The second-order valence-electron chi connectivity index (χ2n) is 9.34. The maximum atomic E-state index is 12.2. The van der Waals surface area contributed by atoms with Gasteiger partial charge < -0.3 is 18.6 Å². The average Bonchev–Trinajstić information content (AvgIpc) is 3.05. The first-order valence-electron chi connectivity index (χ1n) is 10.6. The number of hydrogen-bond acceptors (Lipinski definition) is 5. The van der Waals surface area contributed by atoms with Gasteiger partial charge in [-0.3, -0.25) is 0 Å². The zero-order chi connectivity index (χ0) is 20.7. The van der Waals surface area contributed by atoms with E-state index in [-0.39, 0.29) is 18.0 Å². The van der Waals surface area contributed by atoms with Crippen LogP contribution in [0.3, 0.4) is 0 Å². The quantitative estimate of drug-likeness (QED) is 0.361. The Morgan fingerprint density at radius 2 is 1.68 bits per heavy atom. The van der Waals surface area contributed by atoms with Crippen LogP contribution in [0.15, 0.2) is 23.3 Å². The van der Waals surface area contributed by atoms with Gasteiger partial charge in [0.1, 0.15) is 6.10 Å². The van der Waals surface area contributed by atoms with Crippen molar-refractivity contribution in [2.45, 2.75) is 83.4 Å². The van der Waals surface area contributed by atoms with Crippen LogP contribution in [-0.4, -0.2) is 46.0 Å². The summed E-state index contributed by atoms with van der Waals surface area (Å²) in [4.78, 5) is 12.2. The van der Waals surface area contributed by atoms with Crippen LogP contribution in [0, 0.1) is 5.92 Å². The van der Waals surface area contributed by atoms with Crippen molar-refractivity contribution in [1.82, 2.24) is 0 Å². The molecule has 3 aliphatic rings. The zero-order valence-corrected chi connectivity index (χ0v) is 19.4. The predicted octanol–water partition coefficient (Wildman–Crippen LogP) is 4.74. The lowest BCUT2D eigenvalue weighted by Crippen LogP contribution is -2.50. The van der Waals surface area contributed by atoms with Gasteiger partial charge in [-0.15, -0.1) is 0 Å². The lowest BCUT2D eigenvalue weighted by molar-refractivity contribution is -0.164. The summed E-state index contributed by atoms with van der Waals surface area (Å²) in [5.74, 6) is -0.913. The first kappa shape index (κ1) is 21.7. The second-order valence-corrected chi connectivity index (χ2v) is 14.8. The minimum Gasteiger partial charge on any atom is -0.454 e. The van der Waals surface area contributed by atoms with Crippen LogP contribution in [0.1, 0.15) is 54.9 Å². The van der Waals surface area contributed by atoms with Crippen molar-refractivity contribution >= 4 is 14.3 Å². The van der Waals surface area contributed by atoms with E-state index in [1.54, 1.807) is 6.08 Å². The first-order chi connectivity index (χ1) is 13.1. The van der Waals surface area contributed by atoms with Crippen LogP contribution in [-0.2, 0) is 23.4 Å². The van der Waals surface area contributed by atoms with Crippen LogP contribution in [0.2, 0.25) is 16.6 Å². The third-order valence-corrected chi connectivity index (χ3v) is 12.9. The van der Waals surface area contributed by atoms with E-state index in [1.807, 2.05) is 13.0 Å². The summed E-state index contributed by atoms with van der Waals surface area (Å²) in [7, 11) is -2.01. The Bertz CT molecular complexity index is 636. The molecule has 2 aliphatic heterocycles. The van der Waals surface area contributed by atoms with Gasteiger partial charge in [-0.1, -0.05) is 41.5 Å². The van der Waals surface area contributed by atoms with Gasteiger partial charge in [0.15, 0.2) is 5.79 Å². The normalized spacial score (nSPS) is 27.3. The SMILES string of the molecule is CC1=C[C@H]2OC(=O)C=C(CO[Si](C(C)C)(C(C)C)C(C)C)[C@H]2CC12OCCO2. The summed E-state index contributed by atoms with van der Waals surface area (Å²) in [5, 5.41) is 0. The molecule has 5 nitrogen and oxygen atoms in total. The Balaban J connectivity index is 1.86.